The second-order valence-electron chi connectivity index (χ2n) is 0.979. The third-order valence-corrected chi connectivity index (χ3v) is 0.756. The van der Waals surface area contributed by atoms with Crippen LogP contribution in [0.15, 0.2) is 0 Å². The number of hydrogen-bond acceptors (Lipinski definition) is 4. The van der Waals surface area contributed by atoms with Gasteiger partial charge in [0.1, 0.15) is 0 Å². The van der Waals surface area contributed by atoms with Gasteiger partial charge in [0.05, 0.1) is 0 Å². The maximum atomic E-state index is 4.61. The van der Waals surface area contributed by atoms with E-state index in [9.17, 15) is 0 Å². The van der Waals surface area contributed by atoms with E-state index in [1.807, 2.05) is 0 Å². The van der Waals surface area contributed by atoms with Gasteiger partial charge in [-0.05, 0) is 0 Å². The van der Waals surface area contributed by atoms with E-state index < -0.39 is 0 Å². The lowest BCUT2D eigenvalue weighted by Crippen LogP contribution is -2.19. The van der Waals surface area contributed by atoms with Crippen LogP contribution in [-0.4, -0.2) is 18.8 Å². The second-order valence-corrected chi connectivity index (χ2v) is 1.31. The van der Waals surface area contributed by atoms with E-state index in [-0.39, 0.29) is 18.8 Å². The van der Waals surface area contributed by atoms with Crippen molar-refractivity contribution in [2.24, 2.45) is 0 Å². The van der Waals surface area contributed by atoms with Gasteiger partial charge in [0.2, 0.25) is 0 Å². The summed E-state index contributed by atoms with van der Waals surface area (Å²) in [6.07, 6.45) is 0. The van der Waals surface area contributed by atoms with Crippen molar-refractivity contribution in [2.75, 3.05) is 13.6 Å². The molecule has 0 radical (unpaired) electrons. The third kappa shape index (κ3) is 1.29. The maximum Gasteiger partial charge on any atom is 0.356 e. The first-order chi connectivity index (χ1) is 3.39. The van der Waals surface area contributed by atoms with Crippen LogP contribution in [0.2, 0.25) is 0 Å². The van der Waals surface area contributed by atoms with Crippen LogP contribution < -0.4 is 0 Å². The Bertz CT molecular complexity index is 74.2. The summed E-state index contributed by atoms with van der Waals surface area (Å²) in [6, 6.07) is 0. The minimum atomic E-state index is 0.172. The Morgan fingerprint density at radius 1 is 1.29 bits per heavy atom. The average Bonchev–Trinajstić information content (AvgIpc) is 1.69. The zero-order valence-electron chi connectivity index (χ0n) is 3.55. The summed E-state index contributed by atoms with van der Waals surface area (Å²) in [6.45, 7) is 0.442. The Morgan fingerprint density at radius 2 is 1.86 bits per heavy atom. The Hall–Kier alpha value is -0.350. The fourth-order valence-corrected chi connectivity index (χ4v) is 0.351. The van der Waals surface area contributed by atoms with Crippen molar-refractivity contribution in [3.63, 3.8) is 0 Å². The summed E-state index contributed by atoms with van der Waals surface area (Å²) in [7, 11) is 0. The molecule has 0 atom stereocenters. The van der Waals surface area contributed by atoms with E-state index in [4.69, 9.17) is 0 Å². The smallest absolute Gasteiger partial charge is 0.356 e. The Balaban J connectivity index is 2.25. The summed E-state index contributed by atoms with van der Waals surface area (Å²) in [5.41, 5.74) is 0. The molecule has 0 unspecified atom stereocenters. The van der Waals surface area contributed by atoms with E-state index in [0.29, 0.717) is 0 Å². The van der Waals surface area contributed by atoms with Gasteiger partial charge >= 0.3 is 5.24 Å². The van der Waals surface area contributed by atoms with Gasteiger partial charge in [0, 0.05) is 12.2 Å². The van der Waals surface area contributed by atoms with Gasteiger partial charge < -0.3 is 14.2 Å². The first kappa shape index (κ1) is 4.80. The predicted octanol–water partition coefficient (Wildman–Crippen LogP) is 0.250. The second kappa shape index (κ2) is 2.09. The molecule has 0 N–H and O–H groups in total. The Kier molecular flexibility index (Phi) is 1.43. The van der Waals surface area contributed by atoms with Crippen molar-refractivity contribution in [1.82, 2.24) is 0 Å². The lowest BCUT2D eigenvalue weighted by atomic mass is 11.2. The highest BCUT2D eigenvalue weighted by Gasteiger charge is 2.02. The fraction of sp³-hybridized carbons (Fsp3) is 0.667. The highest BCUT2D eigenvalue weighted by molar-refractivity contribution is 7.79. The molecule has 1 fully saturated rings. The normalized spacial score (nSPS) is 20.3. The summed E-state index contributed by atoms with van der Waals surface area (Å²) in [5, 5.41) is 0.172. The molecule has 1 aliphatic heterocycles. The third-order valence-electron chi connectivity index (χ3n) is 0.520. The van der Waals surface area contributed by atoms with Crippen LogP contribution in [-0.2, 0) is 14.2 Å². The van der Waals surface area contributed by atoms with Gasteiger partial charge in [-0.15, -0.1) is 0 Å². The highest BCUT2D eigenvalue weighted by atomic mass is 32.1. The van der Waals surface area contributed by atoms with Gasteiger partial charge in [-0.1, -0.05) is 0 Å². The number of thiocarbonyl (C=S) groups is 1. The van der Waals surface area contributed by atoms with Crippen LogP contribution in [0.5, 0.6) is 0 Å². The maximum absolute atomic E-state index is 4.61. The van der Waals surface area contributed by atoms with E-state index in [2.05, 4.69) is 26.4 Å². The molecule has 0 aliphatic carbocycles. The molecule has 0 amide bonds. The van der Waals surface area contributed by atoms with Gasteiger partial charge in [-0.3, -0.25) is 0 Å². The molecule has 0 aromatic heterocycles. The molecule has 0 aromatic rings. The average molecular weight is 120 g/mol. The molecule has 1 heterocycles. The van der Waals surface area contributed by atoms with Crippen LogP contribution in [0.3, 0.4) is 0 Å². The van der Waals surface area contributed by atoms with E-state index >= 15 is 0 Å². The quantitative estimate of drug-likeness (QED) is 0.428. The molecule has 0 bridgehead atoms. The molecule has 1 saturated heterocycles. The van der Waals surface area contributed by atoms with Crippen molar-refractivity contribution < 1.29 is 14.2 Å². The van der Waals surface area contributed by atoms with Gasteiger partial charge in [-0.25, -0.2) is 0 Å². The molecule has 3 nitrogen and oxygen atoms in total. The highest BCUT2D eigenvalue weighted by Crippen LogP contribution is 1.93. The van der Waals surface area contributed by atoms with Gasteiger partial charge in [0.25, 0.3) is 0 Å². The molecule has 40 valence electrons. The monoisotopic (exact) mass is 120 g/mol. The van der Waals surface area contributed by atoms with Gasteiger partial charge in [-0.2, -0.15) is 0 Å². The van der Waals surface area contributed by atoms with Crippen LogP contribution >= 0.6 is 12.2 Å². The zero-order valence-corrected chi connectivity index (χ0v) is 4.36. The van der Waals surface area contributed by atoms with Crippen LogP contribution in [0.25, 0.3) is 0 Å². The minimum absolute atomic E-state index is 0.172. The van der Waals surface area contributed by atoms with Crippen LogP contribution in [0.1, 0.15) is 0 Å². The number of rotatable bonds is 0. The Morgan fingerprint density at radius 3 is 2.14 bits per heavy atom. The largest absolute Gasteiger partial charge is 0.429 e. The summed E-state index contributed by atoms with van der Waals surface area (Å²) < 4.78 is 13.7. The fourth-order valence-electron chi connectivity index (χ4n) is 0.255. The predicted molar refractivity (Wildman–Crippen MR) is 25.6 cm³/mol. The molecular weight excluding hydrogens is 116 g/mol. The molecule has 4 heteroatoms. The summed E-state index contributed by atoms with van der Waals surface area (Å²) in [4.78, 5) is 0. The van der Waals surface area contributed by atoms with Crippen LogP contribution in [0.4, 0.5) is 0 Å². The molecule has 1 aliphatic rings. The molecule has 0 saturated carbocycles. The molecule has 0 aromatic carbocycles. The van der Waals surface area contributed by atoms with Gasteiger partial charge in [0.15, 0.2) is 13.6 Å². The topological polar surface area (TPSA) is 27.7 Å². The van der Waals surface area contributed by atoms with E-state index in [0.717, 1.165) is 0 Å². The number of hydrogen-bond donors (Lipinski definition) is 0. The Labute approximate surface area is 46.2 Å². The minimum Gasteiger partial charge on any atom is -0.429 e. The SMILES string of the molecule is S=C1OCOCO1. The van der Waals surface area contributed by atoms with Crippen molar-refractivity contribution in [2.45, 2.75) is 0 Å². The van der Waals surface area contributed by atoms with Crippen LogP contribution in [0, 0.1) is 0 Å². The van der Waals surface area contributed by atoms with Crippen molar-refractivity contribution in [3.05, 3.63) is 0 Å². The molecule has 0 spiro atoms. The van der Waals surface area contributed by atoms with Crippen molar-refractivity contribution in [3.8, 4) is 0 Å². The summed E-state index contributed by atoms with van der Waals surface area (Å²) >= 11 is 4.48. The lowest BCUT2D eigenvalue weighted by molar-refractivity contribution is -0.124. The summed E-state index contributed by atoms with van der Waals surface area (Å²) in [5.74, 6) is 0. The first-order valence-electron chi connectivity index (χ1n) is 1.77. The van der Waals surface area contributed by atoms with E-state index in [1.54, 1.807) is 0 Å². The zero-order chi connectivity index (χ0) is 5.11. The standard InChI is InChI=1S/C3H4O3S/c7-3-5-1-4-2-6-3/h1-2H2. The van der Waals surface area contributed by atoms with Crippen molar-refractivity contribution in [1.29, 1.82) is 0 Å². The first-order valence-corrected chi connectivity index (χ1v) is 2.18. The lowest BCUT2D eigenvalue weighted by Gasteiger charge is -2.13. The van der Waals surface area contributed by atoms with Crippen molar-refractivity contribution >= 4 is 17.5 Å². The number of ether oxygens (including phenoxy) is 3. The molecule has 7 heavy (non-hydrogen) atoms. The molecular formula is C3H4O3S. The molecule has 1 rings (SSSR count). The van der Waals surface area contributed by atoms with E-state index in [1.165, 1.54) is 0 Å².